The van der Waals surface area contributed by atoms with Crippen LogP contribution in [0.1, 0.15) is 0 Å². The lowest BCUT2D eigenvalue weighted by molar-refractivity contribution is -0.0798. The van der Waals surface area contributed by atoms with Gasteiger partial charge in [-0.1, -0.05) is 48.6 Å². The Kier molecular flexibility index (Phi) is 5.88. The number of rotatable bonds is 5. The number of hydrogen-bond acceptors (Lipinski definition) is 0. The van der Waals surface area contributed by atoms with E-state index in [1.54, 1.807) is 6.08 Å². The molecule has 4 heteroatoms. The van der Waals surface area contributed by atoms with E-state index in [9.17, 15) is 13.2 Å². The van der Waals surface area contributed by atoms with Crippen molar-refractivity contribution in [1.29, 1.82) is 0 Å². The van der Waals surface area contributed by atoms with Crippen LogP contribution in [-0.4, -0.2) is 6.18 Å². The fourth-order valence-electron chi connectivity index (χ4n) is 1.95. The zero-order valence-corrected chi connectivity index (χ0v) is 13.1. The molecule has 0 spiro atoms. The summed E-state index contributed by atoms with van der Waals surface area (Å²) in [5.41, 5.74) is 0. The highest BCUT2D eigenvalue weighted by atomic mass is 32.2. The van der Waals surface area contributed by atoms with Gasteiger partial charge >= 0.3 is 6.18 Å². The normalized spacial score (nSPS) is 12.3. The largest absolute Gasteiger partial charge is 0.409 e. The molecule has 0 saturated heterocycles. The van der Waals surface area contributed by atoms with Crippen molar-refractivity contribution >= 4 is 10.9 Å². The number of halogens is 3. The minimum atomic E-state index is -4.30. The van der Waals surface area contributed by atoms with Gasteiger partial charge in [-0.25, -0.2) is 0 Å². The first-order valence-electron chi connectivity index (χ1n) is 6.93. The standard InChI is InChI=1S/C19H16F3S/c1-16(10-8-9-15-19(20,21)22)23(17-11-4-2-5-12-17)18-13-6-3-7-14-18/h2-15H,1H2/q+1/b10-8-,15-9+. The third-order valence-electron chi connectivity index (χ3n) is 2.90. The van der Waals surface area contributed by atoms with Crippen molar-refractivity contribution in [2.75, 3.05) is 0 Å². The van der Waals surface area contributed by atoms with Gasteiger partial charge in [-0.2, -0.15) is 13.2 Å². The van der Waals surface area contributed by atoms with E-state index in [1.807, 2.05) is 60.7 Å². The third-order valence-corrected chi connectivity index (χ3v) is 5.05. The maximum absolute atomic E-state index is 12.1. The fraction of sp³-hybridized carbons (Fsp3) is 0.0526. The van der Waals surface area contributed by atoms with Crippen LogP contribution in [0.25, 0.3) is 0 Å². The molecule has 0 aliphatic carbocycles. The maximum atomic E-state index is 12.1. The van der Waals surface area contributed by atoms with E-state index >= 15 is 0 Å². The van der Waals surface area contributed by atoms with Gasteiger partial charge in [0.15, 0.2) is 14.7 Å². The molecule has 0 bridgehead atoms. The second-order valence-corrected chi connectivity index (χ2v) is 6.74. The van der Waals surface area contributed by atoms with E-state index in [-0.39, 0.29) is 6.08 Å². The van der Waals surface area contributed by atoms with Crippen LogP contribution in [0.2, 0.25) is 0 Å². The van der Waals surface area contributed by atoms with Crippen LogP contribution in [0.4, 0.5) is 13.2 Å². The number of benzene rings is 2. The van der Waals surface area contributed by atoms with E-state index in [0.717, 1.165) is 20.8 Å². The average Bonchev–Trinajstić information content (AvgIpc) is 2.53. The molecule has 2 aromatic rings. The molecule has 0 fully saturated rings. The lowest BCUT2D eigenvalue weighted by Crippen LogP contribution is -2.04. The van der Waals surface area contributed by atoms with E-state index in [0.29, 0.717) is 0 Å². The van der Waals surface area contributed by atoms with Crippen molar-refractivity contribution < 1.29 is 13.2 Å². The molecule has 0 amide bonds. The summed E-state index contributed by atoms with van der Waals surface area (Å²) in [7, 11) is -0.417. The Morgan fingerprint density at radius 3 is 1.74 bits per heavy atom. The maximum Gasteiger partial charge on any atom is 0.409 e. The summed E-state index contributed by atoms with van der Waals surface area (Å²) >= 11 is 0. The van der Waals surface area contributed by atoms with Gasteiger partial charge in [0.1, 0.15) is 0 Å². The molecular weight excluding hydrogens is 317 g/mol. The molecule has 0 aliphatic rings. The van der Waals surface area contributed by atoms with Crippen molar-refractivity contribution in [3.8, 4) is 0 Å². The minimum absolute atomic E-state index is 0.208. The number of alkyl halides is 3. The van der Waals surface area contributed by atoms with Crippen molar-refractivity contribution in [2.45, 2.75) is 16.0 Å². The first kappa shape index (κ1) is 17.2. The Balaban J connectivity index is 2.26. The van der Waals surface area contributed by atoms with Crippen LogP contribution < -0.4 is 0 Å². The summed E-state index contributed by atoms with van der Waals surface area (Å²) < 4.78 is 36.4. The summed E-state index contributed by atoms with van der Waals surface area (Å²) in [6.45, 7) is 4.05. The lowest BCUT2D eigenvalue weighted by Gasteiger charge is -2.07. The Morgan fingerprint density at radius 2 is 1.30 bits per heavy atom. The molecule has 0 N–H and O–H groups in total. The molecular formula is C19H16F3S+. The summed E-state index contributed by atoms with van der Waals surface area (Å²) in [5.74, 6) is 0. The van der Waals surface area contributed by atoms with Crippen molar-refractivity contribution in [3.05, 3.63) is 96.5 Å². The van der Waals surface area contributed by atoms with Crippen molar-refractivity contribution in [2.24, 2.45) is 0 Å². The van der Waals surface area contributed by atoms with E-state index in [1.165, 1.54) is 6.08 Å². The minimum Gasteiger partial charge on any atom is -0.167 e. The molecule has 0 aliphatic heterocycles. The highest BCUT2D eigenvalue weighted by molar-refractivity contribution is 8.00. The molecule has 2 rings (SSSR count). The highest BCUT2D eigenvalue weighted by Gasteiger charge is 2.27. The van der Waals surface area contributed by atoms with Gasteiger partial charge in [0.05, 0.1) is 10.9 Å². The lowest BCUT2D eigenvalue weighted by atomic mass is 10.4. The van der Waals surface area contributed by atoms with Gasteiger partial charge in [0, 0.05) is 6.08 Å². The zero-order valence-electron chi connectivity index (χ0n) is 12.3. The topological polar surface area (TPSA) is 0 Å². The van der Waals surface area contributed by atoms with Crippen LogP contribution in [0.15, 0.2) is 106 Å². The smallest absolute Gasteiger partial charge is 0.167 e. The molecule has 0 radical (unpaired) electrons. The second-order valence-electron chi connectivity index (χ2n) is 4.66. The zero-order chi connectivity index (χ0) is 16.7. The van der Waals surface area contributed by atoms with E-state index < -0.39 is 17.1 Å². The van der Waals surface area contributed by atoms with Crippen LogP contribution in [0.3, 0.4) is 0 Å². The highest BCUT2D eigenvalue weighted by Crippen LogP contribution is 2.29. The molecule has 2 aromatic carbocycles. The number of allylic oxidation sites excluding steroid dienone is 4. The van der Waals surface area contributed by atoms with Crippen molar-refractivity contribution in [1.82, 2.24) is 0 Å². The number of hydrogen-bond donors (Lipinski definition) is 0. The molecule has 0 heterocycles. The summed E-state index contributed by atoms with van der Waals surface area (Å²) in [4.78, 5) is 2.91. The quantitative estimate of drug-likeness (QED) is 0.471. The Morgan fingerprint density at radius 1 is 0.826 bits per heavy atom. The predicted molar refractivity (Wildman–Crippen MR) is 90.3 cm³/mol. The summed E-state index contributed by atoms with van der Waals surface area (Å²) in [6.07, 6.45) is -0.0953. The van der Waals surface area contributed by atoms with Gasteiger partial charge < -0.3 is 0 Å². The summed E-state index contributed by atoms with van der Waals surface area (Å²) in [5, 5.41) is 0. The third kappa shape index (κ3) is 5.49. The predicted octanol–water partition coefficient (Wildman–Crippen LogP) is 5.91. The van der Waals surface area contributed by atoms with E-state index in [2.05, 4.69) is 6.58 Å². The van der Waals surface area contributed by atoms with Gasteiger partial charge in [-0.05, 0) is 36.9 Å². The van der Waals surface area contributed by atoms with E-state index in [4.69, 9.17) is 0 Å². The first-order valence-corrected chi connectivity index (χ1v) is 8.16. The monoisotopic (exact) mass is 333 g/mol. The van der Waals surface area contributed by atoms with Crippen LogP contribution in [0, 0.1) is 0 Å². The summed E-state index contributed by atoms with van der Waals surface area (Å²) in [6, 6.07) is 19.6. The van der Waals surface area contributed by atoms with Crippen LogP contribution in [-0.2, 0) is 10.9 Å². The molecule has 0 nitrogen and oxygen atoms in total. The van der Waals surface area contributed by atoms with Gasteiger partial charge in [0.25, 0.3) is 0 Å². The average molecular weight is 333 g/mol. The Labute approximate surface area is 137 Å². The van der Waals surface area contributed by atoms with Crippen LogP contribution in [0.5, 0.6) is 0 Å². The Hall–Kier alpha value is -2.20. The molecule has 0 atom stereocenters. The molecule has 0 unspecified atom stereocenters. The Bertz CT molecular complexity index is 646. The van der Waals surface area contributed by atoms with Gasteiger partial charge in [-0.3, -0.25) is 0 Å². The molecule has 0 saturated carbocycles. The van der Waals surface area contributed by atoms with Crippen molar-refractivity contribution in [3.63, 3.8) is 0 Å². The van der Waals surface area contributed by atoms with Gasteiger partial charge in [0.2, 0.25) is 0 Å². The first-order chi connectivity index (χ1) is 11.0. The van der Waals surface area contributed by atoms with Gasteiger partial charge in [-0.15, -0.1) is 0 Å². The fourth-order valence-corrected chi connectivity index (χ4v) is 3.90. The molecule has 0 aromatic heterocycles. The molecule has 118 valence electrons. The van der Waals surface area contributed by atoms with Crippen LogP contribution >= 0.6 is 0 Å². The second kappa shape index (κ2) is 7.88. The molecule has 23 heavy (non-hydrogen) atoms. The SMILES string of the molecule is C=C(/C=C\C=C\C(F)(F)F)[S+](c1ccccc1)c1ccccc1.